The van der Waals surface area contributed by atoms with Crippen LogP contribution in [-0.4, -0.2) is 5.84 Å². The number of aliphatic imine (C=N–C) groups is 1. The molecule has 1 unspecified atom stereocenters. The lowest BCUT2D eigenvalue weighted by molar-refractivity contribution is 0.660. The van der Waals surface area contributed by atoms with Gasteiger partial charge in [0.25, 0.3) is 0 Å². The second-order valence-electron chi connectivity index (χ2n) is 17.8. The summed E-state index contributed by atoms with van der Waals surface area (Å²) >= 11 is 0. The first kappa shape index (κ1) is 40.7. The highest BCUT2D eigenvalue weighted by atomic mass is 15.1. The molecule has 0 bridgehead atoms. The number of rotatable bonds is 9. The topological polar surface area (TPSA) is 50.4 Å². The van der Waals surface area contributed by atoms with Crippen molar-refractivity contribution >= 4 is 33.1 Å². The van der Waals surface area contributed by atoms with Crippen LogP contribution in [0.3, 0.4) is 0 Å². The van der Waals surface area contributed by atoms with Crippen molar-refractivity contribution in [2.75, 3.05) is 0 Å². The molecule has 0 aliphatic heterocycles. The number of amidine groups is 1. The minimum absolute atomic E-state index is 0.334. The molecule has 0 saturated heterocycles. The monoisotopic (exact) mass is 847 g/mol. The van der Waals surface area contributed by atoms with Gasteiger partial charge < -0.3 is 11.1 Å². The summed E-state index contributed by atoms with van der Waals surface area (Å²) < 4.78 is 0. The SMILES string of the molecule is C=C(N=C(NC(N)c1cccc(-c2ccccc2)c1)c1ccc2c(c1)C(C)(C)c1cc3c(-c4ccccc4)c4ccccc4c(-c4ccccc4)c3cc1-2)c1cccc(-c2ccccc2)c1. The Morgan fingerprint density at radius 2 is 0.924 bits per heavy atom. The lowest BCUT2D eigenvalue weighted by Gasteiger charge is -2.24. The van der Waals surface area contributed by atoms with E-state index in [9.17, 15) is 0 Å². The number of hydrogen-bond acceptors (Lipinski definition) is 2. The number of benzene rings is 10. The standard InChI is InChI=1S/C63H49N3/c1-41(46-28-18-29-47(36-46)42-20-8-4-9-21-42)65-62(66-61(64)49-31-19-30-48(37-49)43-22-10-5-11-23-43)50-34-35-51-54-39-55-56(40-58(54)63(2,3)57(51)38-50)60(45-26-14-7-15-27-45)53-33-17-16-32-52(53)59(55)44-24-12-6-13-25-44/h4-40,61H,1,64H2,2-3H3,(H,65,66). The molecule has 0 aromatic heterocycles. The maximum absolute atomic E-state index is 7.13. The molecule has 1 atom stereocenters. The van der Waals surface area contributed by atoms with Gasteiger partial charge in [0.05, 0.1) is 5.70 Å². The Bertz CT molecular complexity index is 3480. The Morgan fingerprint density at radius 3 is 1.52 bits per heavy atom. The summed E-state index contributed by atoms with van der Waals surface area (Å²) in [7, 11) is 0. The van der Waals surface area contributed by atoms with Crippen LogP contribution in [-0.2, 0) is 5.41 Å². The molecule has 1 aliphatic rings. The Kier molecular flexibility index (Phi) is 10.3. The summed E-state index contributed by atoms with van der Waals surface area (Å²) in [5.74, 6) is 0.659. The Hall–Kier alpha value is -8.11. The van der Waals surface area contributed by atoms with Gasteiger partial charge in [-0.1, -0.05) is 215 Å². The highest BCUT2D eigenvalue weighted by molar-refractivity contribution is 6.22. The van der Waals surface area contributed by atoms with Gasteiger partial charge in [0, 0.05) is 16.5 Å². The molecule has 3 heteroatoms. The third-order valence-corrected chi connectivity index (χ3v) is 13.4. The molecule has 0 radical (unpaired) electrons. The van der Waals surface area contributed by atoms with Crippen molar-refractivity contribution in [3.8, 4) is 55.6 Å². The molecule has 0 spiro atoms. The van der Waals surface area contributed by atoms with Crippen molar-refractivity contribution in [2.45, 2.75) is 25.4 Å². The molecule has 11 rings (SSSR count). The smallest absolute Gasteiger partial charge is 0.135 e. The Balaban J connectivity index is 1.06. The molecular formula is C63H49N3. The number of hydrogen-bond donors (Lipinski definition) is 2. The van der Waals surface area contributed by atoms with Crippen molar-refractivity contribution < 1.29 is 0 Å². The van der Waals surface area contributed by atoms with Crippen LogP contribution in [0, 0.1) is 0 Å². The number of nitrogens with two attached hydrogens (primary N) is 1. The number of nitrogens with zero attached hydrogens (tertiary/aromatic N) is 1. The van der Waals surface area contributed by atoms with E-state index < -0.39 is 6.17 Å². The molecule has 10 aromatic rings. The molecule has 3 nitrogen and oxygen atoms in total. The van der Waals surface area contributed by atoms with Crippen molar-refractivity contribution in [1.82, 2.24) is 5.32 Å². The predicted molar refractivity (Wildman–Crippen MR) is 279 cm³/mol. The maximum atomic E-state index is 7.13. The van der Waals surface area contributed by atoms with E-state index in [0.717, 1.165) is 38.9 Å². The van der Waals surface area contributed by atoms with Gasteiger partial charge in [-0.25, -0.2) is 4.99 Å². The fourth-order valence-corrected chi connectivity index (χ4v) is 10.0. The summed E-state index contributed by atoms with van der Waals surface area (Å²) in [4.78, 5) is 5.32. The van der Waals surface area contributed by atoms with E-state index in [1.54, 1.807) is 0 Å². The Labute approximate surface area is 387 Å². The average Bonchev–Trinajstić information content (AvgIpc) is 3.59. The van der Waals surface area contributed by atoms with Crippen LogP contribution in [0.2, 0.25) is 0 Å². The summed E-state index contributed by atoms with van der Waals surface area (Å²) in [6.07, 6.45) is -0.554. The first-order valence-electron chi connectivity index (χ1n) is 22.7. The Morgan fingerprint density at radius 1 is 0.439 bits per heavy atom. The van der Waals surface area contributed by atoms with E-state index in [1.807, 2.05) is 12.1 Å². The van der Waals surface area contributed by atoms with E-state index in [1.165, 1.54) is 66.1 Å². The van der Waals surface area contributed by atoms with Gasteiger partial charge in [-0.3, -0.25) is 0 Å². The molecule has 0 amide bonds. The first-order valence-corrected chi connectivity index (χ1v) is 22.7. The largest absolute Gasteiger partial charge is 0.350 e. The third-order valence-electron chi connectivity index (χ3n) is 13.4. The minimum Gasteiger partial charge on any atom is -0.350 e. The van der Waals surface area contributed by atoms with E-state index >= 15 is 0 Å². The van der Waals surface area contributed by atoms with Crippen LogP contribution in [0.25, 0.3) is 82.9 Å². The molecule has 316 valence electrons. The summed E-state index contributed by atoms with van der Waals surface area (Å²) in [5.41, 5.74) is 24.7. The molecule has 1 aliphatic carbocycles. The predicted octanol–water partition coefficient (Wildman–Crippen LogP) is 15.6. The van der Waals surface area contributed by atoms with Gasteiger partial charge in [0.2, 0.25) is 0 Å². The molecule has 66 heavy (non-hydrogen) atoms. The van der Waals surface area contributed by atoms with Gasteiger partial charge >= 0.3 is 0 Å². The van der Waals surface area contributed by atoms with Gasteiger partial charge in [0.1, 0.15) is 12.0 Å². The zero-order valence-corrected chi connectivity index (χ0v) is 37.2. The highest BCUT2D eigenvalue weighted by Gasteiger charge is 2.37. The zero-order valence-electron chi connectivity index (χ0n) is 37.2. The van der Waals surface area contributed by atoms with Gasteiger partial charge in [0.15, 0.2) is 0 Å². The van der Waals surface area contributed by atoms with Crippen molar-refractivity contribution in [3.63, 3.8) is 0 Å². The average molecular weight is 848 g/mol. The van der Waals surface area contributed by atoms with E-state index in [-0.39, 0.29) is 5.41 Å². The molecule has 0 fully saturated rings. The third kappa shape index (κ3) is 7.30. The van der Waals surface area contributed by atoms with E-state index in [0.29, 0.717) is 11.5 Å². The number of nitrogens with one attached hydrogen (secondary N) is 1. The van der Waals surface area contributed by atoms with E-state index in [2.05, 4.69) is 238 Å². The fraction of sp³-hybridized carbons (Fsp3) is 0.0635. The van der Waals surface area contributed by atoms with Crippen molar-refractivity contribution in [3.05, 3.63) is 259 Å². The van der Waals surface area contributed by atoms with Crippen LogP contribution in [0.4, 0.5) is 0 Å². The molecule has 0 saturated carbocycles. The van der Waals surface area contributed by atoms with Crippen LogP contribution in [0.15, 0.2) is 236 Å². The molecule has 3 N–H and O–H groups in total. The maximum Gasteiger partial charge on any atom is 0.135 e. The van der Waals surface area contributed by atoms with Crippen molar-refractivity contribution in [1.29, 1.82) is 0 Å². The minimum atomic E-state index is -0.554. The van der Waals surface area contributed by atoms with Crippen molar-refractivity contribution in [2.24, 2.45) is 10.7 Å². The van der Waals surface area contributed by atoms with Gasteiger partial charge in [-0.2, -0.15) is 0 Å². The second kappa shape index (κ2) is 16.8. The number of fused-ring (bicyclic) bond motifs is 5. The van der Waals surface area contributed by atoms with Crippen LogP contribution in [0.5, 0.6) is 0 Å². The fourth-order valence-electron chi connectivity index (χ4n) is 10.0. The van der Waals surface area contributed by atoms with Gasteiger partial charge in [-0.05, 0) is 124 Å². The second-order valence-corrected chi connectivity index (χ2v) is 17.8. The van der Waals surface area contributed by atoms with Crippen LogP contribution >= 0.6 is 0 Å². The molecular weight excluding hydrogens is 799 g/mol. The van der Waals surface area contributed by atoms with E-state index in [4.69, 9.17) is 10.7 Å². The van der Waals surface area contributed by atoms with Crippen LogP contribution < -0.4 is 11.1 Å². The highest BCUT2D eigenvalue weighted by Crippen LogP contribution is 2.53. The normalized spacial score (nSPS) is 13.3. The molecule has 0 heterocycles. The lowest BCUT2D eigenvalue weighted by Crippen LogP contribution is -2.35. The quantitative estimate of drug-likeness (QED) is 0.0658. The summed E-state index contributed by atoms with van der Waals surface area (Å²) in [6, 6.07) is 80.0. The molecule has 10 aromatic carbocycles. The van der Waals surface area contributed by atoms with Gasteiger partial charge in [-0.15, -0.1) is 0 Å². The van der Waals surface area contributed by atoms with Crippen LogP contribution in [0.1, 0.15) is 47.8 Å². The lowest BCUT2D eigenvalue weighted by atomic mass is 9.79. The zero-order chi connectivity index (χ0) is 44.8. The summed E-state index contributed by atoms with van der Waals surface area (Å²) in [5, 5.41) is 8.66. The summed E-state index contributed by atoms with van der Waals surface area (Å²) in [6.45, 7) is 9.25. The first-order chi connectivity index (χ1) is 32.3.